The number of likely N-dealkylation sites (tertiary alicyclic amines) is 2. The zero-order valence-electron chi connectivity index (χ0n) is 13.3. The maximum atomic E-state index is 12.6. The molecule has 2 fully saturated rings. The molecule has 6 nitrogen and oxygen atoms in total. The average molecular weight is 310 g/mol. The van der Waals surface area contributed by atoms with Gasteiger partial charge in [-0.3, -0.25) is 14.4 Å². The first-order valence-corrected chi connectivity index (χ1v) is 8.32. The largest absolute Gasteiger partial charge is 0.481 e. The lowest BCUT2D eigenvalue weighted by Crippen LogP contribution is -2.49. The summed E-state index contributed by atoms with van der Waals surface area (Å²) < 4.78 is 0. The lowest BCUT2D eigenvalue weighted by atomic mass is 9.92. The first-order chi connectivity index (χ1) is 10.5. The fourth-order valence-corrected chi connectivity index (χ4v) is 3.38. The summed E-state index contributed by atoms with van der Waals surface area (Å²) in [6.07, 6.45) is 4.14. The predicted octanol–water partition coefficient (Wildman–Crippen LogP) is 1.35. The van der Waals surface area contributed by atoms with Gasteiger partial charge in [-0.25, -0.2) is 0 Å². The number of aliphatic carboxylic acids is 1. The third-order valence-electron chi connectivity index (χ3n) is 4.74. The van der Waals surface area contributed by atoms with Crippen LogP contribution in [0.5, 0.6) is 0 Å². The summed E-state index contributed by atoms with van der Waals surface area (Å²) in [5.74, 6) is -0.961. The number of carbonyl (C=O) groups excluding carboxylic acids is 2. The van der Waals surface area contributed by atoms with Gasteiger partial charge >= 0.3 is 5.97 Å². The Morgan fingerprint density at radius 1 is 1.00 bits per heavy atom. The van der Waals surface area contributed by atoms with E-state index in [4.69, 9.17) is 5.11 Å². The Morgan fingerprint density at radius 3 is 2.27 bits per heavy atom. The molecule has 0 aromatic carbocycles. The lowest BCUT2D eigenvalue weighted by Gasteiger charge is -2.37. The Labute approximate surface area is 131 Å². The molecular weight excluding hydrogens is 284 g/mol. The van der Waals surface area contributed by atoms with Gasteiger partial charge in [-0.05, 0) is 32.1 Å². The molecule has 2 aliphatic heterocycles. The Balaban J connectivity index is 1.87. The van der Waals surface area contributed by atoms with Gasteiger partial charge in [-0.1, -0.05) is 6.92 Å². The number of carboxylic acids is 1. The van der Waals surface area contributed by atoms with E-state index in [1.807, 2.05) is 11.8 Å². The van der Waals surface area contributed by atoms with Crippen LogP contribution in [-0.2, 0) is 14.4 Å². The zero-order chi connectivity index (χ0) is 16.1. The molecule has 124 valence electrons. The van der Waals surface area contributed by atoms with Crippen molar-refractivity contribution in [1.82, 2.24) is 9.80 Å². The fourth-order valence-electron chi connectivity index (χ4n) is 3.38. The Bertz CT molecular complexity index is 430. The number of hydrogen-bond donors (Lipinski definition) is 1. The molecule has 0 saturated carbocycles. The number of carboxylic acid groups (broad SMARTS) is 1. The second-order valence-corrected chi connectivity index (χ2v) is 6.37. The molecule has 0 aromatic heterocycles. The van der Waals surface area contributed by atoms with Crippen molar-refractivity contribution >= 4 is 17.8 Å². The van der Waals surface area contributed by atoms with Gasteiger partial charge in [0.25, 0.3) is 0 Å². The molecule has 0 radical (unpaired) electrons. The summed E-state index contributed by atoms with van der Waals surface area (Å²) in [6.45, 7) is 4.31. The van der Waals surface area contributed by atoms with Crippen LogP contribution in [0.2, 0.25) is 0 Å². The molecule has 2 aliphatic rings. The molecule has 0 aromatic rings. The van der Waals surface area contributed by atoms with Crippen molar-refractivity contribution in [3.63, 3.8) is 0 Å². The highest BCUT2D eigenvalue weighted by molar-refractivity contribution is 5.81. The highest BCUT2D eigenvalue weighted by Gasteiger charge is 2.33. The summed E-state index contributed by atoms with van der Waals surface area (Å²) in [5.41, 5.74) is 0. The van der Waals surface area contributed by atoms with Crippen LogP contribution < -0.4 is 0 Å². The molecule has 0 aliphatic carbocycles. The Morgan fingerprint density at radius 2 is 1.68 bits per heavy atom. The molecule has 2 amide bonds. The van der Waals surface area contributed by atoms with Crippen LogP contribution >= 0.6 is 0 Å². The van der Waals surface area contributed by atoms with Crippen LogP contribution in [0, 0.1) is 11.8 Å². The minimum Gasteiger partial charge on any atom is -0.481 e. The number of amides is 2. The Kier molecular flexibility index (Phi) is 5.80. The quantitative estimate of drug-likeness (QED) is 0.850. The van der Waals surface area contributed by atoms with Crippen LogP contribution in [0.4, 0.5) is 0 Å². The molecule has 2 heterocycles. The third kappa shape index (κ3) is 3.99. The topological polar surface area (TPSA) is 77.9 Å². The van der Waals surface area contributed by atoms with Gasteiger partial charge in [-0.2, -0.15) is 0 Å². The molecule has 2 rings (SSSR count). The highest BCUT2D eigenvalue weighted by Crippen LogP contribution is 2.23. The van der Waals surface area contributed by atoms with Gasteiger partial charge in [0.2, 0.25) is 11.8 Å². The van der Waals surface area contributed by atoms with E-state index in [-0.39, 0.29) is 23.7 Å². The molecule has 1 N–H and O–H groups in total. The van der Waals surface area contributed by atoms with Crippen LogP contribution in [-0.4, -0.2) is 58.9 Å². The van der Waals surface area contributed by atoms with E-state index >= 15 is 0 Å². The summed E-state index contributed by atoms with van der Waals surface area (Å²) >= 11 is 0. The van der Waals surface area contributed by atoms with Crippen molar-refractivity contribution in [2.24, 2.45) is 11.8 Å². The second kappa shape index (κ2) is 7.61. The summed E-state index contributed by atoms with van der Waals surface area (Å²) in [5, 5.41) is 9.01. The van der Waals surface area contributed by atoms with Crippen LogP contribution in [0.1, 0.15) is 45.4 Å². The van der Waals surface area contributed by atoms with E-state index in [2.05, 4.69) is 0 Å². The first kappa shape index (κ1) is 16.8. The molecule has 1 atom stereocenters. The van der Waals surface area contributed by atoms with Crippen LogP contribution in [0.3, 0.4) is 0 Å². The molecule has 0 bridgehead atoms. The molecular formula is C16H26N2O4. The molecule has 1 unspecified atom stereocenters. The highest BCUT2D eigenvalue weighted by atomic mass is 16.4. The van der Waals surface area contributed by atoms with E-state index in [0.29, 0.717) is 38.9 Å². The van der Waals surface area contributed by atoms with Crippen LogP contribution in [0.25, 0.3) is 0 Å². The Hall–Kier alpha value is -1.59. The maximum absolute atomic E-state index is 12.6. The predicted molar refractivity (Wildman–Crippen MR) is 81.2 cm³/mol. The van der Waals surface area contributed by atoms with E-state index in [1.165, 1.54) is 0 Å². The van der Waals surface area contributed by atoms with E-state index in [0.717, 1.165) is 25.8 Å². The van der Waals surface area contributed by atoms with Crippen molar-refractivity contribution in [2.45, 2.75) is 45.4 Å². The van der Waals surface area contributed by atoms with Crippen molar-refractivity contribution in [1.29, 1.82) is 0 Å². The number of carbonyl (C=O) groups is 3. The van der Waals surface area contributed by atoms with Gasteiger partial charge in [0.05, 0.1) is 11.8 Å². The van der Waals surface area contributed by atoms with Gasteiger partial charge in [0, 0.05) is 32.6 Å². The number of rotatable bonds is 4. The number of hydrogen-bond acceptors (Lipinski definition) is 3. The lowest BCUT2D eigenvalue weighted by molar-refractivity contribution is -0.148. The summed E-state index contributed by atoms with van der Waals surface area (Å²) in [4.78, 5) is 39.2. The van der Waals surface area contributed by atoms with Crippen molar-refractivity contribution in [3.05, 3.63) is 0 Å². The molecule has 2 saturated heterocycles. The van der Waals surface area contributed by atoms with E-state index < -0.39 is 5.97 Å². The summed E-state index contributed by atoms with van der Waals surface area (Å²) in [6, 6.07) is 0. The van der Waals surface area contributed by atoms with Gasteiger partial charge in [0.15, 0.2) is 0 Å². The fraction of sp³-hybridized carbons (Fsp3) is 0.812. The molecule has 6 heteroatoms. The van der Waals surface area contributed by atoms with Crippen LogP contribution in [0.15, 0.2) is 0 Å². The maximum Gasteiger partial charge on any atom is 0.306 e. The first-order valence-electron chi connectivity index (χ1n) is 8.32. The van der Waals surface area contributed by atoms with E-state index in [1.54, 1.807) is 4.90 Å². The normalized spacial score (nSPS) is 23.4. The average Bonchev–Trinajstić information content (AvgIpc) is 2.54. The minimum atomic E-state index is -0.763. The standard InChI is InChI=1S/C16H26N2O4/c1-2-4-14(19)18-8-3-5-13(11-18)15(20)17-9-6-12(7-10-17)16(21)22/h12-13H,2-11H2,1H3,(H,21,22). The zero-order valence-corrected chi connectivity index (χ0v) is 13.3. The van der Waals surface area contributed by atoms with Crippen molar-refractivity contribution in [2.75, 3.05) is 26.2 Å². The van der Waals surface area contributed by atoms with Gasteiger partial charge < -0.3 is 14.9 Å². The monoisotopic (exact) mass is 310 g/mol. The minimum absolute atomic E-state index is 0.0952. The summed E-state index contributed by atoms with van der Waals surface area (Å²) in [7, 11) is 0. The third-order valence-corrected chi connectivity index (χ3v) is 4.74. The van der Waals surface area contributed by atoms with Gasteiger partial charge in [0.1, 0.15) is 0 Å². The second-order valence-electron chi connectivity index (χ2n) is 6.37. The molecule has 0 spiro atoms. The molecule has 22 heavy (non-hydrogen) atoms. The number of nitrogens with zero attached hydrogens (tertiary/aromatic N) is 2. The smallest absolute Gasteiger partial charge is 0.306 e. The number of piperidine rings is 2. The van der Waals surface area contributed by atoms with Crippen molar-refractivity contribution < 1.29 is 19.5 Å². The van der Waals surface area contributed by atoms with Crippen molar-refractivity contribution in [3.8, 4) is 0 Å². The van der Waals surface area contributed by atoms with E-state index in [9.17, 15) is 14.4 Å². The SMILES string of the molecule is CCCC(=O)N1CCCC(C(=O)N2CCC(C(=O)O)CC2)C1. The van der Waals surface area contributed by atoms with Gasteiger partial charge in [-0.15, -0.1) is 0 Å².